The highest BCUT2D eigenvalue weighted by molar-refractivity contribution is 6.13. The Kier molecular flexibility index (Phi) is 11.2. The van der Waals surface area contributed by atoms with Crippen molar-refractivity contribution < 1.29 is 33.4 Å². The number of nitrogens with zero attached hydrogens (tertiary/aromatic N) is 3. The van der Waals surface area contributed by atoms with E-state index in [0.717, 1.165) is 5.56 Å². The van der Waals surface area contributed by atoms with E-state index in [4.69, 9.17) is 9.47 Å². The molecule has 2 atom stereocenters. The van der Waals surface area contributed by atoms with Gasteiger partial charge in [0.15, 0.2) is 0 Å². The second-order valence-corrected chi connectivity index (χ2v) is 13.7. The lowest BCUT2D eigenvalue weighted by Crippen LogP contribution is -2.62. The Morgan fingerprint density at radius 3 is 2.37 bits per heavy atom. The van der Waals surface area contributed by atoms with E-state index in [9.17, 15) is 24.0 Å². The number of rotatable bonds is 9. The number of amides is 4. The van der Waals surface area contributed by atoms with E-state index in [1.807, 2.05) is 30.3 Å². The van der Waals surface area contributed by atoms with Gasteiger partial charge in [-0.1, -0.05) is 54.3 Å². The van der Waals surface area contributed by atoms with Crippen molar-refractivity contribution in [3.63, 3.8) is 0 Å². The smallest absolute Gasteiger partial charge is 0.408 e. The summed E-state index contributed by atoms with van der Waals surface area (Å²) >= 11 is 0. The van der Waals surface area contributed by atoms with Crippen molar-refractivity contribution in [2.45, 2.75) is 78.0 Å². The van der Waals surface area contributed by atoms with E-state index in [1.165, 1.54) is 18.9 Å². The lowest BCUT2D eigenvalue weighted by molar-refractivity contribution is -0.142. The Bertz CT molecular complexity index is 1690. The third kappa shape index (κ3) is 8.84. The number of benzene rings is 2. The third-order valence-electron chi connectivity index (χ3n) is 8.20. The van der Waals surface area contributed by atoms with Gasteiger partial charge in [0.2, 0.25) is 11.8 Å². The van der Waals surface area contributed by atoms with Crippen LogP contribution in [0.25, 0.3) is 0 Å². The molecule has 49 heavy (non-hydrogen) atoms. The van der Waals surface area contributed by atoms with E-state index < -0.39 is 46.5 Å². The minimum atomic E-state index is -1.47. The lowest BCUT2D eigenvalue weighted by Gasteiger charge is -2.40. The van der Waals surface area contributed by atoms with Gasteiger partial charge >= 0.3 is 12.1 Å². The van der Waals surface area contributed by atoms with Gasteiger partial charge in [0, 0.05) is 38.5 Å². The fourth-order valence-corrected chi connectivity index (χ4v) is 5.82. The first-order valence-electron chi connectivity index (χ1n) is 16.3. The van der Waals surface area contributed by atoms with Gasteiger partial charge in [-0.25, -0.2) is 14.6 Å². The lowest BCUT2D eigenvalue weighted by atomic mass is 9.73. The highest BCUT2D eigenvalue weighted by Gasteiger charge is 2.54. The van der Waals surface area contributed by atoms with Crippen LogP contribution in [0, 0.1) is 17.3 Å². The SMILES string of the molecule is CCOC(=O)c1ccccc1C#CC[C@@H](NC(=O)C(C)(C)NC(=O)OC(C)(C)C)C(=O)N1CCC2=NN(C)C(=O)[C@]2(Cc2ccccc2)C1. The molecule has 260 valence electrons. The summed E-state index contributed by atoms with van der Waals surface area (Å²) in [4.78, 5) is 68.3. The van der Waals surface area contributed by atoms with Crippen LogP contribution in [0.15, 0.2) is 59.7 Å². The molecule has 0 saturated carbocycles. The van der Waals surface area contributed by atoms with Gasteiger partial charge in [-0.05, 0) is 65.7 Å². The molecule has 2 aliphatic rings. The molecule has 0 aliphatic carbocycles. The molecule has 12 nitrogen and oxygen atoms in total. The van der Waals surface area contributed by atoms with Gasteiger partial charge in [-0.15, -0.1) is 0 Å². The summed E-state index contributed by atoms with van der Waals surface area (Å²) in [6.45, 7) is 10.4. The van der Waals surface area contributed by atoms with E-state index >= 15 is 0 Å². The molecule has 0 unspecified atom stereocenters. The molecule has 0 radical (unpaired) electrons. The number of hydrogen-bond donors (Lipinski definition) is 2. The van der Waals surface area contributed by atoms with Crippen LogP contribution in [-0.2, 0) is 30.3 Å². The molecule has 2 N–H and O–H groups in total. The van der Waals surface area contributed by atoms with Crippen LogP contribution < -0.4 is 10.6 Å². The van der Waals surface area contributed by atoms with Gasteiger partial charge in [0.1, 0.15) is 22.6 Å². The Morgan fingerprint density at radius 2 is 1.69 bits per heavy atom. The van der Waals surface area contributed by atoms with Gasteiger partial charge in [-0.3, -0.25) is 14.4 Å². The molecule has 2 aromatic carbocycles. The Balaban J connectivity index is 1.63. The van der Waals surface area contributed by atoms with Crippen LogP contribution in [0.4, 0.5) is 4.79 Å². The summed E-state index contributed by atoms with van der Waals surface area (Å²) in [5, 5.41) is 11.2. The Morgan fingerprint density at radius 1 is 1.02 bits per heavy atom. The molecule has 0 aromatic heterocycles. The van der Waals surface area contributed by atoms with Crippen LogP contribution in [0.5, 0.6) is 0 Å². The zero-order valence-electron chi connectivity index (χ0n) is 29.2. The van der Waals surface area contributed by atoms with Crippen molar-refractivity contribution >= 4 is 35.5 Å². The van der Waals surface area contributed by atoms with Crippen LogP contribution in [0.2, 0.25) is 0 Å². The number of carbonyl (C=O) groups excluding carboxylic acids is 5. The molecule has 4 rings (SSSR count). The van der Waals surface area contributed by atoms with Gasteiger partial charge in [0.25, 0.3) is 5.91 Å². The maximum atomic E-state index is 14.3. The van der Waals surface area contributed by atoms with Crippen molar-refractivity contribution in [3.8, 4) is 11.8 Å². The minimum absolute atomic E-state index is 0.0633. The van der Waals surface area contributed by atoms with E-state index in [0.29, 0.717) is 24.1 Å². The molecule has 4 amide bonds. The van der Waals surface area contributed by atoms with Gasteiger partial charge in [0.05, 0.1) is 17.9 Å². The van der Waals surface area contributed by atoms with Crippen molar-refractivity contribution in [2.24, 2.45) is 10.5 Å². The van der Waals surface area contributed by atoms with Crippen LogP contribution >= 0.6 is 0 Å². The van der Waals surface area contributed by atoms with Crippen LogP contribution in [0.3, 0.4) is 0 Å². The number of alkyl carbamates (subject to hydrolysis) is 1. The summed E-state index contributed by atoms with van der Waals surface area (Å²) in [7, 11) is 1.61. The number of fused-ring (bicyclic) bond motifs is 1. The van der Waals surface area contributed by atoms with Crippen molar-refractivity contribution in [1.82, 2.24) is 20.5 Å². The monoisotopic (exact) mass is 671 g/mol. The molecular formula is C37H45N5O7. The van der Waals surface area contributed by atoms with E-state index in [-0.39, 0.29) is 37.6 Å². The quantitative estimate of drug-likeness (QED) is 0.306. The number of ether oxygens (including phenoxy) is 2. The maximum absolute atomic E-state index is 14.3. The molecule has 1 fully saturated rings. The number of likely N-dealkylation sites (tertiary alicyclic amines) is 1. The number of nitrogens with one attached hydrogen (secondary N) is 2. The minimum Gasteiger partial charge on any atom is -0.462 e. The zero-order chi connectivity index (χ0) is 36.0. The number of hydrazone groups is 1. The molecule has 2 aliphatic heterocycles. The molecule has 1 saturated heterocycles. The predicted molar refractivity (Wildman–Crippen MR) is 183 cm³/mol. The Hall–Kier alpha value is -5.18. The van der Waals surface area contributed by atoms with Crippen molar-refractivity contribution in [2.75, 3.05) is 26.7 Å². The standard InChI is InChI=1S/C37H45N5O7/c1-8-48-31(44)27-19-13-12-17-26(27)18-14-20-28(38-32(45)36(5,6)39-34(47)49-35(2,3)4)30(43)42-22-21-29-37(24-42,33(46)41(7)40-29)23-25-15-10-9-11-16-25/h9-13,15-17,19,28H,8,20-24H2,1-7H3,(H,38,45)(H,39,47)/t28-,37-/m1/s1. The average Bonchev–Trinajstić information content (AvgIpc) is 3.27. The topological polar surface area (TPSA) is 147 Å². The van der Waals surface area contributed by atoms with Crippen LogP contribution in [0.1, 0.15) is 75.9 Å². The first-order valence-corrected chi connectivity index (χ1v) is 16.3. The summed E-state index contributed by atoms with van der Waals surface area (Å²) in [5.41, 5.74) is -0.981. The highest BCUT2D eigenvalue weighted by Crippen LogP contribution is 2.38. The number of piperidine rings is 1. The summed E-state index contributed by atoms with van der Waals surface area (Å²) in [6, 6.07) is 15.1. The van der Waals surface area contributed by atoms with Gasteiger partial charge < -0.3 is 25.0 Å². The fourth-order valence-electron chi connectivity index (χ4n) is 5.82. The van der Waals surface area contributed by atoms with Gasteiger partial charge in [-0.2, -0.15) is 5.10 Å². The van der Waals surface area contributed by atoms with Crippen molar-refractivity contribution in [3.05, 3.63) is 71.3 Å². The van der Waals surface area contributed by atoms with E-state index in [1.54, 1.807) is 63.9 Å². The Labute approximate surface area is 287 Å². The zero-order valence-corrected chi connectivity index (χ0v) is 29.2. The number of hydrogen-bond acceptors (Lipinski definition) is 8. The average molecular weight is 672 g/mol. The van der Waals surface area contributed by atoms with Crippen molar-refractivity contribution in [1.29, 1.82) is 0 Å². The first-order chi connectivity index (χ1) is 23.1. The van der Waals surface area contributed by atoms with Crippen LogP contribution in [-0.4, -0.2) is 89.3 Å². The fraction of sp³-hybridized carbons (Fsp3) is 0.459. The number of carbonyl (C=O) groups is 5. The predicted octanol–water partition coefficient (Wildman–Crippen LogP) is 3.68. The normalized spacial score (nSPS) is 17.9. The summed E-state index contributed by atoms with van der Waals surface area (Å²) in [6.07, 6.45) is -0.185. The molecule has 2 aromatic rings. The molecular weight excluding hydrogens is 626 g/mol. The highest BCUT2D eigenvalue weighted by atomic mass is 16.6. The molecule has 0 spiro atoms. The largest absolute Gasteiger partial charge is 0.462 e. The third-order valence-corrected chi connectivity index (χ3v) is 8.20. The second-order valence-electron chi connectivity index (χ2n) is 13.7. The number of esters is 1. The summed E-state index contributed by atoms with van der Waals surface area (Å²) < 4.78 is 10.5. The molecule has 2 heterocycles. The molecule has 12 heteroatoms. The maximum Gasteiger partial charge on any atom is 0.408 e. The summed E-state index contributed by atoms with van der Waals surface area (Å²) in [5.74, 6) is 4.12. The second kappa shape index (κ2) is 14.9. The first kappa shape index (κ1) is 36.7. The van der Waals surface area contributed by atoms with E-state index in [2.05, 4.69) is 27.6 Å². The molecule has 0 bridgehead atoms.